The highest BCUT2D eigenvalue weighted by Gasteiger charge is 2.29. The van der Waals surface area contributed by atoms with Crippen molar-refractivity contribution in [3.05, 3.63) is 106 Å². The number of imidazole rings is 1. The quantitative estimate of drug-likeness (QED) is 0.231. The first kappa shape index (κ1) is 27.7. The first-order valence-corrected chi connectivity index (χ1v) is 15.2. The lowest BCUT2D eigenvalue weighted by molar-refractivity contribution is 0.423. The zero-order valence-electron chi connectivity index (χ0n) is 25.2. The van der Waals surface area contributed by atoms with Crippen molar-refractivity contribution < 1.29 is 5.11 Å². The molecule has 1 aliphatic rings. The number of phenols is 1. The number of aromatic hydroxyl groups is 1. The number of aromatic nitrogens is 2. The molecule has 0 saturated heterocycles. The number of benzene rings is 3. The predicted molar refractivity (Wildman–Crippen MR) is 173 cm³/mol. The van der Waals surface area contributed by atoms with Crippen molar-refractivity contribution >= 4 is 17.2 Å². The number of phenolic OH excluding ortho intramolecular Hbond substituents is 1. The van der Waals surface area contributed by atoms with Gasteiger partial charge in [0.2, 0.25) is 0 Å². The second kappa shape index (κ2) is 10.1. The second-order valence-corrected chi connectivity index (χ2v) is 14.1. The van der Waals surface area contributed by atoms with E-state index in [-0.39, 0.29) is 10.8 Å². The Morgan fingerprint density at radius 2 is 1.44 bits per heavy atom. The minimum Gasteiger partial charge on any atom is -0.507 e. The van der Waals surface area contributed by atoms with Gasteiger partial charge in [0.25, 0.3) is 0 Å². The lowest BCUT2D eigenvalue weighted by atomic mass is 9.78. The van der Waals surface area contributed by atoms with Gasteiger partial charge in [0.05, 0.1) is 5.69 Å². The molecule has 0 atom stereocenters. The van der Waals surface area contributed by atoms with Crippen LogP contribution in [-0.2, 0) is 30.2 Å². The standard InChI is InChI=1S/C37H41ClN2O/c1-36(2,3)29-20-24(21-30(34(29)41)37(4,5)6)22-31-33(26-15-17-27(38)18-16-26)28-14-10-11-19-39-32(23-40(31)35(28)39)25-12-8-7-9-13-25/h7-9,12-13,15-18,20-21,23,41H,10-11,14,19,22H2,1-6H3. The van der Waals surface area contributed by atoms with Crippen LogP contribution in [0.3, 0.4) is 0 Å². The van der Waals surface area contributed by atoms with E-state index in [0.717, 1.165) is 48.4 Å². The Hall–Kier alpha value is -3.43. The first-order valence-electron chi connectivity index (χ1n) is 14.9. The second-order valence-electron chi connectivity index (χ2n) is 13.7. The van der Waals surface area contributed by atoms with Gasteiger partial charge in [0, 0.05) is 41.0 Å². The summed E-state index contributed by atoms with van der Waals surface area (Å²) in [6.45, 7) is 14.1. The highest BCUT2D eigenvalue weighted by Crippen LogP contribution is 2.43. The van der Waals surface area contributed by atoms with E-state index in [1.807, 2.05) is 12.1 Å². The Morgan fingerprint density at radius 1 is 0.805 bits per heavy atom. The summed E-state index contributed by atoms with van der Waals surface area (Å²) in [6.07, 6.45) is 6.50. The van der Waals surface area contributed by atoms with E-state index >= 15 is 0 Å². The van der Waals surface area contributed by atoms with Crippen molar-refractivity contribution in [3.8, 4) is 28.1 Å². The lowest BCUT2D eigenvalue weighted by Gasteiger charge is -2.28. The minimum absolute atomic E-state index is 0.177. The summed E-state index contributed by atoms with van der Waals surface area (Å²) in [6, 6.07) is 23.6. The zero-order chi connectivity index (χ0) is 29.1. The van der Waals surface area contributed by atoms with E-state index in [4.69, 9.17) is 11.6 Å². The van der Waals surface area contributed by atoms with E-state index in [2.05, 4.69) is 111 Å². The molecular weight excluding hydrogens is 524 g/mol. The summed E-state index contributed by atoms with van der Waals surface area (Å²) in [4.78, 5) is 0. The molecule has 3 heterocycles. The Kier molecular flexibility index (Phi) is 6.85. The average molecular weight is 565 g/mol. The van der Waals surface area contributed by atoms with E-state index < -0.39 is 0 Å². The van der Waals surface area contributed by atoms with Crippen LogP contribution in [0.2, 0.25) is 5.02 Å². The van der Waals surface area contributed by atoms with E-state index in [1.165, 1.54) is 44.9 Å². The smallest absolute Gasteiger partial charge is 0.123 e. The number of rotatable bonds is 4. The van der Waals surface area contributed by atoms with Gasteiger partial charge in [-0.1, -0.05) is 108 Å². The Bertz CT molecular complexity index is 1690. The van der Waals surface area contributed by atoms with Crippen LogP contribution in [0.4, 0.5) is 0 Å². The Balaban J connectivity index is 1.64. The van der Waals surface area contributed by atoms with E-state index in [1.54, 1.807) is 0 Å². The molecule has 0 unspecified atom stereocenters. The largest absolute Gasteiger partial charge is 0.507 e. The molecule has 0 bridgehead atoms. The molecule has 3 aromatic carbocycles. The average Bonchev–Trinajstić information content (AvgIpc) is 3.32. The summed E-state index contributed by atoms with van der Waals surface area (Å²) in [5.41, 5.74) is 12.0. The van der Waals surface area contributed by atoms with Gasteiger partial charge in [0.1, 0.15) is 11.4 Å². The number of aryl methyl sites for hydroxylation is 2. The van der Waals surface area contributed by atoms with Crippen molar-refractivity contribution in [2.24, 2.45) is 0 Å². The highest BCUT2D eigenvalue weighted by atomic mass is 35.5. The fraction of sp³-hybridized carbons (Fsp3) is 0.351. The molecule has 0 spiro atoms. The molecule has 6 rings (SSSR count). The molecule has 4 heteroatoms. The van der Waals surface area contributed by atoms with Crippen LogP contribution in [0.25, 0.3) is 28.0 Å². The fourth-order valence-electron chi connectivity index (χ4n) is 6.56. The van der Waals surface area contributed by atoms with Gasteiger partial charge in [-0.3, -0.25) is 0 Å². The molecule has 0 fully saturated rings. The van der Waals surface area contributed by atoms with Gasteiger partial charge in [0.15, 0.2) is 0 Å². The summed E-state index contributed by atoms with van der Waals surface area (Å²) in [5, 5.41) is 12.2. The van der Waals surface area contributed by atoms with Gasteiger partial charge in [-0.05, 0) is 70.0 Å². The van der Waals surface area contributed by atoms with Crippen molar-refractivity contribution in [2.45, 2.75) is 84.6 Å². The number of hydrogen-bond donors (Lipinski definition) is 1. The van der Waals surface area contributed by atoms with Crippen molar-refractivity contribution in [2.75, 3.05) is 0 Å². The van der Waals surface area contributed by atoms with Gasteiger partial charge in [-0.25, -0.2) is 0 Å². The number of halogens is 1. The van der Waals surface area contributed by atoms with Gasteiger partial charge in [-0.2, -0.15) is 0 Å². The minimum atomic E-state index is -0.177. The molecule has 5 aromatic rings. The first-order chi connectivity index (χ1) is 19.4. The van der Waals surface area contributed by atoms with Gasteiger partial charge < -0.3 is 14.1 Å². The van der Waals surface area contributed by atoms with Crippen LogP contribution < -0.4 is 0 Å². The summed E-state index contributed by atoms with van der Waals surface area (Å²) in [7, 11) is 0. The zero-order valence-corrected chi connectivity index (χ0v) is 25.9. The van der Waals surface area contributed by atoms with Crippen LogP contribution in [0, 0.1) is 0 Å². The highest BCUT2D eigenvalue weighted by molar-refractivity contribution is 6.30. The normalized spacial score (nSPS) is 14.0. The Labute approximate surface area is 249 Å². The maximum atomic E-state index is 11.4. The number of nitrogens with zero attached hydrogens (tertiary/aromatic N) is 2. The Morgan fingerprint density at radius 3 is 2.05 bits per heavy atom. The fourth-order valence-corrected chi connectivity index (χ4v) is 6.68. The maximum Gasteiger partial charge on any atom is 0.123 e. The predicted octanol–water partition coefficient (Wildman–Crippen LogP) is 9.96. The molecule has 1 N–H and O–H groups in total. The van der Waals surface area contributed by atoms with Crippen LogP contribution in [0.15, 0.2) is 72.9 Å². The van der Waals surface area contributed by atoms with Gasteiger partial charge >= 0.3 is 0 Å². The van der Waals surface area contributed by atoms with E-state index in [9.17, 15) is 5.11 Å². The van der Waals surface area contributed by atoms with Crippen LogP contribution in [0.5, 0.6) is 5.75 Å². The summed E-state index contributed by atoms with van der Waals surface area (Å²) >= 11 is 6.35. The van der Waals surface area contributed by atoms with Crippen molar-refractivity contribution in [1.29, 1.82) is 0 Å². The third kappa shape index (κ3) is 4.99. The maximum absolute atomic E-state index is 11.4. The summed E-state index contributed by atoms with van der Waals surface area (Å²) in [5.74, 6) is 0.430. The molecular formula is C37H41ClN2O. The monoisotopic (exact) mass is 564 g/mol. The topological polar surface area (TPSA) is 29.6 Å². The molecule has 41 heavy (non-hydrogen) atoms. The molecule has 2 aromatic heterocycles. The molecule has 1 aliphatic heterocycles. The molecule has 0 radical (unpaired) electrons. The third-order valence-electron chi connectivity index (χ3n) is 8.60. The summed E-state index contributed by atoms with van der Waals surface area (Å²) < 4.78 is 5.01. The molecule has 0 saturated carbocycles. The van der Waals surface area contributed by atoms with Crippen LogP contribution in [0.1, 0.15) is 82.3 Å². The molecule has 0 aliphatic carbocycles. The van der Waals surface area contributed by atoms with Crippen LogP contribution >= 0.6 is 11.6 Å². The van der Waals surface area contributed by atoms with Crippen LogP contribution in [-0.4, -0.2) is 14.1 Å². The SMILES string of the molecule is CC(C)(C)c1cc(Cc2c(-c3ccc(Cl)cc3)c3c4n(c(-c5ccccc5)cn24)CCCC3)cc(C(C)(C)C)c1O. The van der Waals surface area contributed by atoms with Gasteiger partial charge in [-0.15, -0.1) is 0 Å². The molecule has 3 nitrogen and oxygen atoms in total. The van der Waals surface area contributed by atoms with Crippen molar-refractivity contribution in [3.63, 3.8) is 0 Å². The van der Waals surface area contributed by atoms with E-state index in [0.29, 0.717) is 5.75 Å². The van der Waals surface area contributed by atoms with Crippen molar-refractivity contribution in [1.82, 2.24) is 8.97 Å². The molecule has 0 amide bonds. The lowest BCUT2D eigenvalue weighted by Crippen LogP contribution is -2.18. The third-order valence-corrected chi connectivity index (χ3v) is 8.85. The number of hydrogen-bond acceptors (Lipinski definition) is 1. The molecule has 212 valence electrons.